The van der Waals surface area contributed by atoms with Crippen molar-refractivity contribution < 1.29 is 19.8 Å². The molecule has 6 rings (SSSR count). The number of para-hydroxylation sites is 2. The Kier molecular flexibility index (Phi) is 9.99. The first-order valence-corrected chi connectivity index (χ1v) is 14.8. The molecule has 9 heteroatoms. The normalized spacial score (nSPS) is 14.4. The number of carbonyl (C=O) groups is 2. The fourth-order valence-electron chi connectivity index (χ4n) is 5.91. The van der Waals surface area contributed by atoms with Gasteiger partial charge in [0.05, 0.1) is 17.9 Å². The van der Waals surface area contributed by atoms with Crippen molar-refractivity contribution in [3.63, 3.8) is 0 Å². The second-order valence-electron chi connectivity index (χ2n) is 10.8. The number of anilines is 1. The number of carboxylic acid groups (broad SMARTS) is 2. The molecule has 44 heavy (non-hydrogen) atoms. The van der Waals surface area contributed by atoms with Crippen molar-refractivity contribution in [1.82, 2.24) is 19.7 Å². The van der Waals surface area contributed by atoms with E-state index in [-0.39, 0.29) is 0 Å². The lowest BCUT2D eigenvalue weighted by Crippen LogP contribution is -2.35. The van der Waals surface area contributed by atoms with E-state index in [0.29, 0.717) is 12.2 Å². The number of piperidine rings is 1. The number of aromatic nitrogens is 3. The topological polar surface area (TPSA) is 112 Å². The molecule has 2 N–H and O–H groups in total. The smallest absolute Gasteiger partial charge is 0.328 e. The molecule has 0 radical (unpaired) electrons. The molecule has 3 heterocycles. The Morgan fingerprint density at radius 1 is 0.750 bits per heavy atom. The molecule has 1 aromatic heterocycles. The summed E-state index contributed by atoms with van der Waals surface area (Å²) in [5.74, 6) is -0.521. The number of hydrogen-bond donors (Lipinski definition) is 2. The lowest BCUT2D eigenvalue weighted by molar-refractivity contribution is -0.134. The van der Waals surface area contributed by atoms with Crippen LogP contribution in [0.1, 0.15) is 42.0 Å². The molecule has 0 atom stereocenters. The molecule has 1 saturated heterocycles. The van der Waals surface area contributed by atoms with Crippen molar-refractivity contribution in [2.75, 3.05) is 31.1 Å². The van der Waals surface area contributed by atoms with Crippen molar-refractivity contribution in [3.05, 3.63) is 125 Å². The monoisotopic (exact) mass is 591 g/mol. The molecule has 3 aromatic carbocycles. The minimum atomic E-state index is -1.26. The van der Waals surface area contributed by atoms with E-state index in [0.717, 1.165) is 63.6 Å². The molecular weight excluding hydrogens is 554 g/mol. The van der Waals surface area contributed by atoms with Gasteiger partial charge in [0.1, 0.15) is 5.82 Å². The molecule has 0 unspecified atom stereocenters. The van der Waals surface area contributed by atoms with Crippen molar-refractivity contribution in [1.29, 1.82) is 0 Å². The molecule has 9 nitrogen and oxygen atoms in total. The van der Waals surface area contributed by atoms with E-state index in [4.69, 9.17) is 10.2 Å². The molecule has 2 aliphatic heterocycles. The standard InChI is InChI=1S/C31H33N5.C4H4O4/c1-24-32-33-30-23-35(28-15-8-9-16-29(28)36(24)30)20-10-19-34-21-17-27(18-22-34)31(25-11-4-2-5-12-25)26-13-6-3-7-14-26;5-3(6)1-2-4(7)8/h2-9,11-16H,10,17-23H2,1H3;1-2H,(H,5,6)(H,7,8)/b;2-1+. The highest BCUT2D eigenvalue weighted by Crippen LogP contribution is 2.34. The Bertz CT molecular complexity index is 1580. The number of nitrogens with zero attached hydrogens (tertiary/aromatic N) is 5. The maximum Gasteiger partial charge on any atom is 0.328 e. The van der Waals surface area contributed by atoms with Crippen molar-refractivity contribution in [2.24, 2.45) is 0 Å². The van der Waals surface area contributed by atoms with Crippen LogP contribution in [-0.2, 0) is 16.1 Å². The summed E-state index contributed by atoms with van der Waals surface area (Å²) in [6.07, 6.45) is 4.53. The van der Waals surface area contributed by atoms with Gasteiger partial charge in [-0.2, -0.15) is 0 Å². The van der Waals surface area contributed by atoms with E-state index < -0.39 is 11.9 Å². The van der Waals surface area contributed by atoms with E-state index in [1.165, 1.54) is 28.1 Å². The summed E-state index contributed by atoms with van der Waals surface area (Å²) in [4.78, 5) is 24.2. The van der Waals surface area contributed by atoms with E-state index in [1.807, 2.05) is 6.92 Å². The summed E-state index contributed by atoms with van der Waals surface area (Å²) in [6, 6.07) is 30.4. The Labute approximate surface area is 257 Å². The molecule has 2 aliphatic rings. The Morgan fingerprint density at radius 3 is 1.86 bits per heavy atom. The average molecular weight is 592 g/mol. The maximum atomic E-state index is 9.55. The summed E-state index contributed by atoms with van der Waals surface area (Å²) >= 11 is 0. The zero-order chi connectivity index (χ0) is 30.9. The van der Waals surface area contributed by atoms with Gasteiger partial charge in [0.15, 0.2) is 5.82 Å². The highest BCUT2D eigenvalue weighted by molar-refractivity contribution is 5.89. The van der Waals surface area contributed by atoms with Gasteiger partial charge in [-0.1, -0.05) is 78.4 Å². The van der Waals surface area contributed by atoms with Gasteiger partial charge in [-0.3, -0.25) is 4.57 Å². The third-order valence-electron chi connectivity index (χ3n) is 7.90. The summed E-state index contributed by atoms with van der Waals surface area (Å²) in [6.45, 7) is 7.27. The third kappa shape index (κ3) is 7.48. The van der Waals surface area contributed by atoms with E-state index in [9.17, 15) is 9.59 Å². The van der Waals surface area contributed by atoms with Crippen LogP contribution in [0.15, 0.2) is 103 Å². The minimum Gasteiger partial charge on any atom is -0.478 e. The largest absolute Gasteiger partial charge is 0.478 e. The van der Waals surface area contributed by atoms with Gasteiger partial charge in [-0.05, 0) is 61.6 Å². The van der Waals surface area contributed by atoms with Crippen LogP contribution >= 0.6 is 0 Å². The first kappa shape index (κ1) is 30.4. The zero-order valence-electron chi connectivity index (χ0n) is 24.8. The first-order valence-electron chi connectivity index (χ1n) is 14.8. The minimum absolute atomic E-state index is 0.558. The number of benzene rings is 3. The van der Waals surface area contributed by atoms with Gasteiger partial charge < -0.3 is 20.0 Å². The highest BCUT2D eigenvalue weighted by Gasteiger charge is 2.25. The molecule has 0 saturated carbocycles. The molecule has 0 amide bonds. The van der Waals surface area contributed by atoms with Gasteiger partial charge in [-0.25, -0.2) is 9.59 Å². The van der Waals surface area contributed by atoms with E-state index in [1.54, 1.807) is 5.57 Å². The zero-order valence-corrected chi connectivity index (χ0v) is 24.8. The highest BCUT2D eigenvalue weighted by atomic mass is 16.4. The SMILES string of the molecule is Cc1nnc2n1-c1ccccc1N(CCCN1CCC(=C(c3ccccc3)c3ccccc3)CC1)C2.O=C(O)/C=C/C(=O)O. The van der Waals surface area contributed by atoms with Crippen molar-refractivity contribution in [2.45, 2.75) is 32.7 Å². The van der Waals surface area contributed by atoms with E-state index in [2.05, 4.69) is 109 Å². The summed E-state index contributed by atoms with van der Waals surface area (Å²) in [7, 11) is 0. The van der Waals surface area contributed by atoms with Crippen molar-refractivity contribution >= 4 is 23.2 Å². The van der Waals surface area contributed by atoms with Gasteiger partial charge in [0.25, 0.3) is 0 Å². The van der Waals surface area contributed by atoms with Gasteiger partial charge >= 0.3 is 11.9 Å². The molecule has 0 bridgehead atoms. The summed E-state index contributed by atoms with van der Waals surface area (Å²) in [5, 5.41) is 24.4. The van der Waals surface area contributed by atoms with Crippen LogP contribution in [0.3, 0.4) is 0 Å². The summed E-state index contributed by atoms with van der Waals surface area (Å²) < 4.78 is 2.20. The lowest BCUT2D eigenvalue weighted by atomic mass is 9.88. The number of rotatable bonds is 8. The second-order valence-corrected chi connectivity index (χ2v) is 10.8. The number of carboxylic acids is 2. The Balaban J connectivity index is 0.000000426. The number of aryl methyl sites for hydroxylation is 1. The van der Waals surface area contributed by atoms with Crippen LogP contribution in [0.5, 0.6) is 0 Å². The fraction of sp³-hybridized carbons (Fsp3) is 0.257. The van der Waals surface area contributed by atoms with E-state index >= 15 is 0 Å². The average Bonchev–Trinajstić information content (AvgIpc) is 3.42. The maximum absolute atomic E-state index is 9.55. The van der Waals surface area contributed by atoms with Gasteiger partial charge in [-0.15, -0.1) is 10.2 Å². The number of likely N-dealkylation sites (tertiary alicyclic amines) is 1. The predicted molar refractivity (Wildman–Crippen MR) is 171 cm³/mol. The molecule has 1 fully saturated rings. The molecule has 4 aromatic rings. The van der Waals surface area contributed by atoms with Crippen LogP contribution in [-0.4, -0.2) is 68.0 Å². The number of aliphatic carboxylic acids is 2. The third-order valence-corrected chi connectivity index (χ3v) is 7.90. The molecule has 0 aliphatic carbocycles. The van der Waals surface area contributed by atoms with Crippen LogP contribution in [0.2, 0.25) is 0 Å². The number of hydrogen-bond acceptors (Lipinski definition) is 6. The quantitative estimate of drug-likeness (QED) is 0.255. The lowest BCUT2D eigenvalue weighted by Gasteiger charge is -2.33. The second kappa shape index (κ2) is 14.4. The first-order chi connectivity index (χ1) is 21.4. The van der Waals surface area contributed by atoms with Crippen LogP contribution in [0.25, 0.3) is 11.3 Å². The predicted octanol–water partition coefficient (Wildman–Crippen LogP) is 5.60. The number of fused-ring (bicyclic) bond motifs is 3. The summed E-state index contributed by atoms with van der Waals surface area (Å²) in [5.41, 5.74) is 8.16. The molecule has 0 spiro atoms. The Hall–Kier alpha value is -5.02. The fourth-order valence-corrected chi connectivity index (χ4v) is 5.91. The van der Waals surface area contributed by atoms with Gasteiger partial charge in [0.2, 0.25) is 0 Å². The Morgan fingerprint density at radius 2 is 1.30 bits per heavy atom. The van der Waals surface area contributed by atoms with Crippen LogP contribution in [0, 0.1) is 6.92 Å². The molecular formula is C35H37N5O4. The van der Waals surface area contributed by atoms with Gasteiger partial charge in [0, 0.05) is 31.8 Å². The van der Waals surface area contributed by atoms with Crippen LogP contribution in [0.4, 0.5) is 5.69 Å². The van der Waals surface area contributed by atoms with Crippen molar-refractivity contribution in [3.8, 4) is 5.69 Å². The van der Waals surface area contributed by atoms with Crippen LogP contribution < -0.4 is 4.90 Å². The molecule has 226 valence electrons.